The zero-order valence-corrected chi connectivity index (χ0v) is 9.06. The van der Waals surface area contributed by atoms with Crippen molar-refractivity contribution in [2.24, 2.45) is 0 Å². The summed E-state index contributed by atoms with van der Waals surface area (Å²) in [6.07, 6.45) is -0.977. The first-order valence-electron chi connectivity index (χ1n) is 3.59. The molecule has 0 saturated heterocycles. The highest BCUT2D eigenvalue weighted by molar-refractivity contribution is 9.09. The lowest BCUT2D eigenvalue weighted by molar-refractivity contribution is 0.155. The maximum atomic E-state index is 12.1. The summed E-state index contributed by atoms with van der Waals surface area (Å²) in [5.74, 6) is 0. The predicted octanol–water partition coefficient (Wildman–Crippen LogP) is 2.00. The van der Waals surface area contributed by atoms with E-state index in [9.17, 15) is 8.78 Å². The normalized spacial score (nSPS) is 10.8. The van der Waals surface area contributed by atoms with Crippen LogP contribution < -0.4 is 4.90 Å². The zero-order valence-electron chi connectivity index (χ0n) is 6.66. The molecule has 0 aliphatic carbocycles. The molecule has 0 radical (unpaired) electrons. The molecule has 1 rings (SSSR count). The second kappa shape index (κ2) is 5.43. The van der Waals surface area contributed by atoms with Gasteiger partial charge in [0.1, 0.15) is 6.33 Å². The number of anilines is 1. The van der Waals surface area contributed by atoms with Crippen molar-refractivity contribution in [3.63, 3.8) is 0 Å². The van der Waals surface area contributed by atoms with Crippen molar-refractivity contribution in [2.75, 3.05) is 23.3 Å². The molecule has 74 valence electrons. The quantitative estimate of drug-likeness (QED) is 0.768. The molecule has 0 saturated carbocycles. The van der Waals surface area contributed by atoms with Gasteiger partial charge in [0.15, 0.2) is 0 Å². The van der Waals surface area contributed by atoms with Gasteiger partial charge in [-0.2, -0.15) is 4.37 Å². The lowest BCUT2D eigenvalue weighted by Gasteiger charge is -2.19. The van der Waals surface area contributed by atoms with Crippen molar-refractivity contribution < 1.29 is 8.78 Å². The van der Waals surface area contributed by atoms with Gasteiger partial charge in [0.25, 0.3) is 6.43 Å². The minimum absolute atomic E-state index is 0.291. The molecule has 3 nitrogen and oxygen atoms in total. The van der Waals surface area contributed by atoms with Crippen LogP contribution in [0.2, 0.25) is 0 Å². The Kier molecular flexibility index (Phi) is 4.51. The molecule has 0 fully saturated rings. The molecule has 7 heteroatoms. The van der Waals surface area contributed by atoms with Crippen molar-refractivity contribution in [1.82, 2.24) is 9.36 Å². The molecule has 1 aromatic rings. The van der Waals surface area contributed by atoms with Crippen molar-refractivity contribution in [3.05, 3.63) is 6.33 Å². The molecule has 0 spiro atoms. The Balaban J connectivity index is 2.57. The zero-order chi connectivity index (χ0) is 9.68. The van der Waals surface area contributed by atoms with E-state index in [4.69, 9.17) is 0 Å². The Bertz CT molecular complexity index is 232. The molecule has 0 aromatic carbocycles. The number of halogens is 3. The Morgan fingerprint density at radius 2 is 2.38 bits per heavy atom. The number of rotatable bonds is 5. The highest BCUT2D eigenvalue weighted by Gasteiger charge is 2.14. The van der Waals surface area contributed by atoms with Gasteiger partial charge in [-0.25, -0.2) is 13.8 Å². The second-order valence-corrected chi connectivity index (χ2v) is 3.80. The van der Waals surface area contributed by atoms with E-state index in [-0.39, 0.29) is 6.54 Å². The van der Waals surface area contributed by atoms with Gasteiger partial charge in [-0.15, -0.1) is 0 Å². The summed E-state index contributed by atoms with van der Waals surface area (Å²) in [6, 6.07) is 0. The highest BCUT2D eigenvalue weighted by atomic mass is 79.9. The van der Waals surface area contributed by atoms with Crippen LogP contribution in [-0.2, 0) is 0 Å². The van der Waals surface area contributed by atoms with Crippen LogP contribution in [0.15, 0.2) is 6.33 Å². The molecule has 0 N–H and O–H groups in total. The largest absolute Gasteiger partial charge is 0.340 e. The molecule has 0 amide bonds. The third kappa shape index (κ3) is 3.51. The molecule has 1 aromatic heterocycles. The van der Waals surface area contributed by atoms with E-state index >= 15 is 0 Å². The Labute approximate surface area is 87.1 Å². The maximum Gasteiger partial charge on any atom is 0.255 e. The summed E-state index contributed by atoms with van der Waals surface area (Å²) >= 11 is 4.32. The van der Waals surface area contributed by atoms with Gasteiger partial charge >= 0.3 is 0 Å². The lowest BCUT2D eigenvalue weighted by Crippen LogP contribution is -2.30. The van der Waals surface area contributed by atoms with Gasteiger partial charge in [-0.05, 0) is 0 Å². The van der Waals surface area contributed by atoms with Gasteiger partial charge in [-0.3, -0.25) is 0 Å². The van der Waals surface area contributed by atoms with Crippen LogP contribution in [0.3, 0.4) is 0 Å². The smallest absolute Gasteiger partial charge is 0.255 e. The number of hydrogen-bond acceptors (Lipinski definition) is 4. The van der Waals surface area contributed by atoms with E-state index in [0.29, 0.717) is 17.0 Å². The number of aromatic nitrogens is 2. The molecule has 0 atom stereocenters. The molecule has 0 aliphatic rings. The fourth-order valence-corrected chi connectivity index (χ4v) is 1.83. The van der Waals surface area contributed by atoms with Crippen molar-refractivity contribution in [2.45, 2.75) is 6.43 Å². The van der Waals surface area contributed by atoms with Gasteiger partial charge in [0.05, 0.1) is 6.54 Å². The van der Waals surface area contributed by atoms with Gasteiger partial charge < -0.3 is 4.90 Å². The van der Waals surface area contributed by atoms with Gasteiger partial charge in [-0.1, -0.05) is 15.9 Å². The second-order valence-electron chi connectivity index (χ2n) is 2.25. The van der Waals surface area contributed by atoms with E-state index in [1.165, 1.54) is 11.2 Å². The SMILES string of the molecule is FC(F)CN(CCBr)c1ncns1. The topological polar surface area (TPSA) is 29.0 Å². The van der Waals surface area contributed by atoms with E-state index in [1.54, 1.807) is 0 Å². The van der Waals surface area contributed by atoms with Crippen LogP contribution >= 0.6 is 27.5 Å². The summed E-state index contributed by atoms with van der Waals surface area (Å²) in [5.41, 5.74) is 0. The van der Waals surface area contributed by atoms with Crippen LogP contribution in [0.4, 0.5) is 13.9 Å². The summed E-state index contributed by atoms with van der Waals surface area (Å²) in [7, 11) is 0. The number of nitrogens with zero attached hydrogens (tertiary/aromatic N) is 3. The molecule has 0 unspecified atom stereocenters. The van der Waals surface area contributed by atoms with E-state index in [2.05, 4.69) is 25.3 Å². The van der Waals surface area contributed by atoms with Crippen LogP contribution in [0.1, 0.15) is 0 Å². The van der Waals surface area contributed by atoms with E-state index in [0.717, 1.165) is 11.5 Å². The number of hydrogen-bond donors (Lipinski definition) is 0. The first-order valence-corrected chi connectivity index (χ1v) is 5.49. The first-order chi connectivity index (χ1) is 6.24. The van der Waals surface area contributed by atoms with Crippen LogP contribution in [0.5, 0.6) is 0 Å². The average Bonchev–Trinajstić information content (AvgIpc) is 2.54. The van der Waals surface area contributed by atoms with Crippen LogP contribution in [0.25, 0.3) is 0 Å². The molecule has 13 heavy (non-hydrogen) atoms. The summed E-state index contributed by atoms with van der Waals surface area (Å²) < 4.78 is 28.0. The van der Waals surface area contributed by atoms with E-state index in [1.807, 2.05) is 0 Å². The van der Waals surface area contributed by atoms with Gasteiger partial charge in [0.2, 0.25) is 5.13 Å². The Morgan fingerprint density at radius 3 is 2.85 bits per heavy atom. The molecule has 1 heterocycles. The van der Waals surface area contributed by atoms with Crippen molar-refractivity contribution in [1.29, 1.82) is 0 Å². The first kappa shape index (κ1) is 10.8. The standard InChI is InChI=1S/C6H8BrF2N3S/c7-1-2-12(3-5(8)9)6-10-4-11-13-6/h4-5H,1-3H2. The van der Waals surface area contributed by atoms with Gasteiger partial charge in [0, 0.05) is 23.4 Å². The fourth-order valence-electron chi connectivity index (χ4n) is 0.840. The molecular formula is C6H8BrF2N3S. The molecule has 0 bridgehead atoms. The Morgan fingerprint density at radius 1 is 1.62 bits per heavy atom. The molecule has 0 aliphatic heterocycles. The predicted molar refractivity (Wildman–Crippen MR) is 51.9 cm³/mol. The van der Waals surface area contributed by atoms with Crippen LogP contribution in [0, 0.1) is 0 Å². The van der Waals surface area contributed by atoms with E-state index < -0.39 is 6.43 Å². The van der Waals surface area contributed by atoms with Crippen LogP contribution in [-0.4, -0.2) is 34.2 Å². The average molecular weight is 272 g/mol. The summed E-state index contributed by atoms with van der Waals surface area (Å²) in [6.45, 7) is 0.223. The fraction of sp³-hybridized carbons (Fsp3) is 0.667. The third-order valence-electron chi connectivity index (χ3n) is 1.33. The lowest BCUT2D eigenvalue weighted by atomic mass is 10.5. The monoisotopic (exact) mass is 271 g/mol. The van der Waals surface area contributed by atoms with Crippen molar-refractivity contribution in [3.8, 4) is 0 Å². The summed E-state index contributed by atoms with van der Waals surface area (Å²) in [4.78, 5) is 5.38. The number of alkyl halides is 3. The molecular weight excluding hydrogens is 264 g/mol. The summed E-state index contributed by atoms with van der Waals surface area (Å²) in [5, 5.41) is 1.18. The Hall–Kier alpha value is -0.300. The van der Waals surface area contributed by atoms with Crippen molar-refractivity contribution >= 4 is 32.6 Å². The minimum Gasteiger partial charge on any atom is -0.340 e. The highest BCUT2D eigenvalue weighted by Crippen LogP contribution is 2.15. The third-order valence-corrected chi connectivity index (χ3v) is 2.41. The maximum absolute atomic E-state index is 12.1. The minimum atomic E-state index is -2.34.